The van der Waals surface area contributed by atoms with Gasteiger partial charge in [0, 0.05) is 0 Å². The van der Waals surface area contributed by atoms with Crippen LogP contribution in [-0.4, -0.2) is 18.7 Å². The predicted molar refractivity (Wildman–Crippen MR) is 64.9 cm³/mol. The second-order valence-electron chi connectivity index (χ2n) is 3.98. The molecule has 92 valence electrons. The van der Waals surface area contributed by atoms with Crippen LogP contribution >= 0.6 is 0 Å². The van der Waals surface area contributed by atoms with Crippen molar-refractivity contribution in [3.63, 3.8) is 0 Å². The number of hydrogen-bond acceptors (Lipinski definition) is 3. The van der Waals surface area contributed by atoms with E-state index >= 15 is 0 Å². The topological polar surface area (TPSA) is 35.5 Å². The molecule has 3 nitrogen and oxygen atoms in total. The lowest BCUT2D eigenvalue weighted by atomic mass is 10.0. The fourth-order valence-corrected chi connectivity index (χ4v) is 1.26. The zero-order valence-corrected chi connectivity index (χ0v) is 10.5. The van der Waals surface area contributed by atoms with Gasteiger partial charge in [-0.25, -0.2) is 4.79 Å². The molecule has 0 saturated carbocycles. The van der Waals surface area contributed by atoms with Crippen molar-refractivity contribution in [2.75, 3.05) is 6.61 Å². The first-order valence-electron chi connectivity index (χ1n) is 5.66. The summed E-state index contributed by atoms with van der Waals surface area (Å²) < 4.78 is 10.3. The van der Waals surface area contributed by atoms with Crippen LogP contribution in [0.4, 0.5) is 0 Å². The van der Waals surface area contributed by atoms with E-state index in [1.807, 2.05) is 20.8 Å². The van der Waals surface area contributed by atoms with E-state index in [1.54, 1.807) is 0 Å². The summed E-state index contributed by atoms with van der Waals surface area (Å²) >= 11 is 0. The van der Waals surface area contributed by atoms with Crippen molar-refractivity contribution >= 4 is 5.97 Å². The van der Waals surface area contributed by atoms with Crippen LogP contribution in [-0.2, 0) is 14.3 Å². The summed E-state index contributed by atoms with van der Waals surface area (Å²) in [5.74, 6) is -0.224. The van der Waals surface area contributed by atoms with Gasteiger partial charge in [0.2, 0.25) is 0 Å². The minimum Gasteiger partial charge on any atom is -0.493 e. The largest absolute Gasteiger partial charge is 0.493 e. The van der Waals surface area contributed by atoms with E-state index in [4.69, 9.17) is 9.47 Å². The molecule has 0 rings (SSSR count). The zero-order valence-electron chi connectivity index (χ0n) is 10.5. The molecule has 1 unspecified atom stereocenters. The van der Waals surface area contributed by atoms with Crippen molar-refractivity contribution in [3.8, 4) is 0 Å². The minimum atomic E-state index is -0.381. The molecule has 16 heavy (non-hydrogen) atoms. The standard InChI is InChI=1S/C13H22O3/c1-6-8-9-16-13(14)11(5)12(10(3)4)15-7-2/h7,10,12H,2,5-6,8-9H2,1,3-4H3. The van der Waals surface area contributed by atoms with E-state index < -0.39 is 0 Å². The van der Waals surface area contributed by atoms with Gasteiger partial charge in [0.25, 0.3) is 0 Å². The second kappa shape index (κ2) is 7.97. The molecule has 0 N–H and O–H groups in total. The molecule has 0 fully saturated rings. The quantitative estimate of drug-likeness (QED) is 0.276. The van der Waals surface area contributed by atoms with Crippen LogP contribution in [0.25, 0.3) is 0 Å². The smallest absolute Gasteiger partial charge is 0.337 e. The number of hydrogen-bond donors (Lipinski definition) is 0. The summed E-state index contributed by atoms with van der Waals surface area (Å²) in [5.41, 5.74) is 0.353. The number of esters is 1. The van der Waals surface area contributed by atoms with Crippen molar-refractivity contribution < 1.29 is 14.3 Å². The molecular formula is C13H22O3. The summed E-state index contributed by atoms with van der Waals surface area (Å²) in [7, 11) is 0. The average Bonchev–Trinajstić information content (AvgIpc) is 2.24. The number of ether oxygens (including phenoxy) is 2. The van der Waals surface area contributed by atoms with Gasteiger partial charge in [0.05, 0.1) is 18.4 Å². The minimum absolute atomic E-state index is 0.157. The molecule has 0 aliphatic carbocycles. The zero-order chi connectivity index (χ0) is 12.6. The summed E-state index contributed by atoms with van der Waals surface area (Å²) in [6.07, 6.45) is 2.84. The molecule has 0 heterocycles. The van der Waals surface area contributed by atoms with E-state index in [9.17, 15) is 4.79 Å². The van der Waals surface area contributed by atoms with Gasteiger partial charge in [-0.1, -0.05) is 40.3 Å². The van der Waals surface area contributed by atoms with Gasteiger partial charge in [-0.2, -0.15) is 0 Å². The van der Waals surface area contributed by atoms with Crippen LogP contribution in [0.5, 0.6) is 0 Å². The Hall–Kier alpha value is -1.25. The molecule has 0 aromatic carbocycles. The maximum absolute atomic E-state index is 11.6. The Bertz CT molecular complexity index is 244. The predicted octanol–water partition coefficient (Wildman–Crippen LogP) is 3.07. The highest BCUT2D eigenvalue weighted by Crippen LogP contribution is 2.16. The highest BCUT2D eigenvalue weighted by Gasteiger charge is 2.23. The van der Waals surface area contributed by atoms with Gasteiger partial charge in [-0.15, -0.1) is 0 Å². The van der Waals surface area contributed by atoms with Crippen LogP contribution in [0, 0.1) is 5.92 Å². The van der Waals surface area contributed by atoms with Crippen LogP contribution in [0.15, 0.2) is 25.0 Å². The van der Waals surface area contributed by atoms with Crippen LogP contribution < -0.4 is 0 Å². The highest BCUT2D eigenvalue weighted by atomic mass is 16.5. The lowest BCUT2D eigenvalue weighted by molar-refractivity contribution is -0.140. The fourth-order valence-electron chi connectivity index (χ4n) is 1.26. The van der Waals surface area contributed by atoms with Gasteiger partial charge in [0.1, 0.15) is 6.10 Å². The summed E-state index contributed by atoms with van der Waals surface area (Å²) in [5, 5.41) is 0. The van der Waals surface area contributed by atoms with Gasteiger partial charge < -0.3 is 9.47 Å². The molecule has 0 aromatic rings. The Labute approximate surface area is 98.1 Å². The molecule has 0 spiro atoms. The van der Waals surface area contributed by atoms with Crippen molar-refractivity contribution in [1.29, 1.82) is 0 Å². The number of carbonyl (C=O) groups is 1. The van der Waals surface area contributed by atoms with Crippen molar-refractivity contribution in [3.05, 3.63) is 25.0 Å². The first-order chi connectivity index (χ1) is 7.54. The lowest BCUT2D eigenvalue weighted by Gasteiger charge is -2.21. The third-order valence-electron chi connectivity index (χ3n) is 2.19. The molecular weight excluding hydrogens is 204 g/mol. The van der Waals surface area contributed by atoms with Crippen LogP contribution in [0.1, 0.15) is 33.6 Å². The van der Waals surface area contributed by atoms with Crippen LogP contribution in [0.3, 0.4) is 0 Å². The first kappa shape index (κ1) is 14.8. The van der Waals surface area contributed by atoms with Gasteiger partial charge in [0.15, 0.2) is 0 Å². The Kier molecular flexibility index (Phi) is 7.34. The maximum atomic E-state index is 11.6. The molecule has 0 aromatic heterocycles. The average molecular weight is 226 g/mol. The van der Waals surface area contributed by atoms with E-state index in [1.165, 1.54) is 6.26 Å². The van der Waals surface area contributed by atoms with Gasteiger partial charge in [-0.05, 0) is 12.3 Å². The lowest BCUT2D eigenvalue weighted by Crippen LogP contribution is -2.26. The van der Waals surface area contributed by atoms with Crippen LogP contribution in [0.2, 0.25) is 0 Å². The summed E-state index contributed by atoms with van der Waals surface area (Å²) in [4.78, 5) is 11.6. The number of rotatable bonds is 8. The van der Waals surface area contributed by atoms with Crippen molar-refractivity contribution in [2.24, 2.45) is 5.92 Å². The Morgan fingerprint density at radius 3 is 2.50 bits per heavy atom. The summed E-state index contributed by atoms with van der Waals surface area (Å²) in [6, 6.07) is 0. The van der Waals surface area contributed by atoms with Crippen molar-refractivity contribution in [1.82, 2.24) is 0 Å². The van der Waals surface area contributed by atoms with E-state index in [0.717, 1.165) is 12.8 Å². The molecule has 0 saturated heterocycles. The number of unbranched alkanes of at least 4 members (excludes halogenated alkanes) is 1. The molecule has 1 atom stereocenters. The molecule has 0 amide bonds. The Morgan fingerprint density at radius 2 is 2.06 bits per heavy atom. The van der Waals surface area contributed by atoms with Gasteiger partial charge >= 0.3 is 5.97 Å². The maximum Gasteiger partial charge on any atom is 0.337 e. The van der Waals surface area contributed by atoms with Crippen molar-refractivity contribution in [2.45, 2.75) is 39.7 Å². The molecule has 0 bridgehead atoms. The molecule has 0 aliphatic heterocycles. The Balaban J connectivity index is 4.26. The number of carbonyl (C=O) groups excluding carboxylic acids is 1. The molecule has 3 heteroatoms. The van der Waals surface area contributed by atoms with E-state index in [-0.39, 0.29) is 18.0 Å². The van der Waals surface area contributed by atoms with E-state index in [2.05, 4.69) is 13.2 Å². The molecule has 0 radical (unpaired) electrons. The van der Waals surface area contributed by atoms with E-state index in [0.29, 0.717) is 12.2 Å². The monoisotopic (exact) mass is 226 g/mol. The highest BCUT2D eigenvalue weighted by molar-refractivity contribution is 5.88. The van der Waals surface area contributed by atoms with Gasteiger partial charge in [-0.3, -0.25) is 0 Å². The normalized spacial score (nSPS) is 12.0. The third-order valence-corrected chi connectivity index (χ3v) is 2.19. The first-order valence-corrected chi connectivity index (χ1v) is 5.66. The summed E-state index contributed by atoms with van der Waals surface area (Å²) in [6.45, 7) is 13.6. The Morgan fingerprint density at radius 1 is 1.44 bits per heavy atom. The molecule has 0 aliphatic rings. The fraction of sp³-hybridized carbons (Fsp3) is 0.615. The third kappa shape index (κ3) is 5.01. The SMILES string of the molecule is C=COC(C(=C)C(=O)OCCCC)C(C)C. The second-order valence-corrected chi connectivity index (χ2v) is 3.98.